The van der Waals surface area contributed by atoms with Gasteiger partial charge in [-0.25, -0.2) is 4.79 Å². The van der Waals surface area contributed by atoms with Crippen LogP contribution in [0.4, 0.5) is 16.2 Å². The Morgan fingerprint density at radius 1 is 1.23 bits per heavy atom. The minimum atomic E-state index is -0.371. The maximum absolute atomic E-state index is 11.9. The van der Waals surface area contributed by atoms with Gasteiger partial charge in [-0.1, -0.05) is 32.3 Å². The van der Waals surface area contributed by atoms with E-state index in [1.54, 1.807) is 0 Å². The highest BCUT2D eigenvalue weighted by molar-refractivity contribution is 5.85. The second kappa shape index (κ2) is 9.22. The molecule has 5 nitrogen and oxygen atoms in total. The van der Waals surface area contributed by atoms with Gasteiger partial charge in [-0.3, -0.25) is 10.3 Å². The fraction of sp³-hybridized carbons (Fsp3) is 0.429. The van der Waals surface area contributed by atoms with Crippen molar-refractivity contribution in [2.75, 3.05) is 23.4 Å². The summed E-state index contributed by atoms with van der Waals surface area (Å²) in [6.45, 7) is 4.42. The zero-order valence-corrected chi connectivity index (χ0v) is 15.4. The average Bonchev–Trinajstić information content (AvgIpc) is 3.04. The molecule has 0 aliphatic carbocycles. The summed E-state index contributed by atoms with van der Waals surface area (Å²) in [6.07, 6.45) is 6.83. The molecule has 1 N–H and O–H groups in total. The Kier molecular flexibility index (Phi) is 6.47. The molecule has 3 rings (SSSR count). The molecule has 1 aromatic heterocycles. The summed E-state index contributed by atoms with van der Waals surface area (Å²) < 4.78 is 5.24. The fourth-order valence-electron chi connectivity index (χ4n) is 3.25. The Bertz CT molecular complexity index is 718. The highest BCUT2D eigenvalue weighted by Crippen LogP contribution is 2.31. The molecule has 5 heteroatoms. The lowest BCUT2D eigenvalue weighted by atomic mass is 10.1. The van der Waals surface area contributed by atoms with Gasteiger partial charge >= 0.3 is 6.09 Å². The number of amides is 1. The van der Waals surface area contributed by atoms with Crippen molar-refractivity contribution in [1.29, 1.82) is 0 Å². The van der Waals surface area contributed by atoms with E-state index in [-0.39, 0.29) is 6.09 Å². The molecule has 0 radical (unpaired) electrons. The fourth-order valence-corrected chi connectivity index (χ4v) is 3.25. The first-order chi connectivity index (χ1) is 12.8. The number of hydrogen-bond donors (Lipinski definition) is 1. The highest BCUT2D eigenvalue weighted by Gasteiger charge is 2.20. The number of nitrogens with zero attached hydrogens (tertiary/aromatic N) is 2. The molecule has 0 bridgehead atoms. The minimum absolute atomic E-state index is 0.371. The molecule has 0 saturated carbocycles. The van der Waals surface area contributed by atoms with Crippen molar-refractivity contribution in [1.82, 2.24) is 4.98 Å². The summed E-state index contributed by atoms with van der Waals surface area (Å²) in [5, 5.41) is 2.84. The quantitative estimate of drug-likeness (QED) is 0.694. The number of rotatable bonds is 8. The molecular formula is C21H27N3O2. The first kappa shape index (κ1) is 18.2. The van der Waals surface area contributed by atoms with Crippen LogP contribution >= 0.6 is 0 Å². The number of aromatic nitrogens is 1. The first-order valence-electron chi connectivity index (χ1n) is 9.48. The molecule has 138 valence electrons. The Morgan fingerprint density at radius 2 is 2.15 bits per heavy atom. The van der Waals surface area contributed by atoms with Crippen LogP contribution in [-0.2, 0) is 17.7 Å². The lowest BCUT2D eigenvalue weighted by Gasteiger charge is -2.19. The Morgan fingerprint density at radius 3 is 2.96 bits per heavy atom. The molecule has 1 aromatic carbocycles. The zero-order valence-electron chi connectivity index (χ0n) is 15.4. The number of nitrogens with one attached hydrogen (secondary N) is 1. The summed E-state index contributed by atoms with van der Waals surface area (Å²) in [6, 6.07) is 12.1. The predicted octanol–water partition coefficient (Wildman–Crippen LogP) is 4.77. The molecule has 0 saturated heterocycles. The lowest BCUT2D eigenvalue weighted by Crippen LogP contribution is -2.20. The van der Waals surface area contributed by atoms with Crippen LogP contribution in [0.1, 0.15) is 43.9 Å². The van der Waals surface area contributed by atoms with Crippen molar-refractivity contribution in [3.8, 4) is 0 Å². The lowest BCUT2D eigenvalue weighted by molar-refractivity contribution is 0.159. The third-order valence-electron chi connectivity index (χ3n) is 4.63. The summed E-state index contributed by atoms with van der Waals surface area (Å²) >= 11 is 0. The molecule has 1 amide bonds. The van der Waals surface area contributed by atoms with E-state index in [0.29, 0.717) is 6.61 Å². The molecule has 1 aliphatic heterocycles. The zero-order chi connectivity index (χ0) is 18.2. The van der Waals surface area contributed by atoms with Gasteiger partial charge in [0.1, 0.15) is 0 Å². The van der Waals surface area contributed by atoms with Gasteiger partial charge in [-0.05, 0) is 48.7 Å². The number of benzene rings is 1. The van der Waals surface area contributed by atoms with Crippen LogP contribution < -0.4 is 10.2 Å². The van der Waals surface area contributed by atoms with Crippen LogP contribution in [0.2, 0.25) is 0 Å². The maximum atomic E-state index is 11.9. The average molecular weight is 353 g/mol. The number of carbonyl (C=O) groups is 1. The smallest absolute Gasteiger partial charge is 0.411 e. The van der Waals surface area contributed by atoms with Crippen molar-refractivity contribution in [3.63, 3.8) is 0 Å². The second-order valence-electron chi connectivity index (χ2n) is 6.66. The number of fused-ring (bicyclic) bond motifs is 1. The molecule has 0 atom stereocenters. The van der Waals surface area contributed by atoms with Gasteiger partial charge in [0.25, 0.3) is 0 Å². The topological polar surface area (TPSA) is 54.5 Å². The van der Waals surface area contributed by atoms with E-state index in [1.165, 1.54) is 24.1 Å². The maximum Gasteiger partial charge on any atom is 0.411 e. The molecule has 0 spiro atoms. The molecular weight excluding hydrogens is 326 g/mol. The molecule has 0 fully saturated rings. The minimum Gasteiger partial charge on any atom is -0.449 e. The third-order valence-corrected chi connectivity index (χ3v) is 4.63. The standard InChI is InChI=1S/C21H27N3O2/c1-2-3-4-7-14-26-21(25)23-18-9-10-20-17(15-18)11-13-24(20)16-19-8-5-6-12-22-19/h5-6,8-10,12,15H,2-4,7,11,13-14,16H2,1H3,(H,23,25). The predicted molar refractivity (Wildman–Crippen MR) is 105 cm³/mol. The summed E-state index contributed by atoms with van der Waals surface area (Å²) in [7, 11) is 0. The molecule has 2 heterocycles. The number of unbranched alkanes of at least 4 members (excludes halogenated alkanes) is 3. The number of hydrogen-bond acceptors (Lipinski definition) is 4. The Hall–Kier alpha value is -2.56. The van der Waals surface area contributed by atoms with Crippen molar-refractivity contribution in [2.45, 2.75) is 45.6 Å². The Balaban J connectivity index is 1.52. The van der Waals surface area contributed by atoms with Gasteiger partial charge in [-0.15, -0.1) is 0 Å². The van der Waals surface area contributed by atoms with Crippen LogP contribution in [0.25, 0.3) is 0 Å². The second-order valence-corrected chi connectivity index (χ2v) is 6.66. The largest absolute Gasteiger partial charge is 0.449 e. The van der Waals surface area contributed by atoms with Gasteiger partial charge in [0.15, 0.2) is 0 Å². The van der Waals surface area contributed by atoms with Crippen molar-refractivity contribution >= 4 is 17.5 Å². The van der Waals surface area contributed by atoms with E-state index in [0.717, 1.165) is 43.7 Å². The number of pyridine rings is 1. The third kappa shape index (κ3) is 4.97. The van der Waals surface area contributed by atoms with Gasteiger partial charge in [-0.2, -0.15) is 0 Å². The van der Waals surface area contributed by atoms with Gasteiger partial charge in [0.2, 0.25) is 0 Å². The van der Waals surface area contributed by atoms with E-state index < -0.39 is 0 Å². The van der Waals surface area contributed by atoms with E-state index in [1.807, 2.05) is 36.5 Å². The number of carbonyl (C=O) groups excluding carboxylic acids is 1. The Labute approximate surface area is 155 Å². The van der Waals surface area contributed by atoms with Crippen LogP contribution in [-0.4, -0.2) is 24.2 Å². The van der Waals surface area contributed by atoms with Crippen LogP contribution in [0.3, 0.4) is 0 Å². The van der Waals surface area contributed by atoms with E-state index in [2.05, 4.69) is 28.2 Å². The summed E-state index contributed by atoms with van der Waals surface area (Å²) in [5.41, 5.74) is 4.33. The molecule has 2 aromatic rings. The normalized spacial score (nSPS) is 12.7. The highest BCUT2D eigenvalue weighted by atomic mass is 16.5. The monoisotopic (exact) mass is 353 g/mol. The van der Waals surface area contributed by atoms with Crippen molar-refractivity contribution in [3.05, 3.63) is 53.9 Å². The van der Waals surface area contributed by atoms with E-state index in [9.17, 15) is 4.79 Å². The number of anilines is 2. The van der Waals surface area contributed by atoms with Crippen LogP contribution in [0, 0.1) is 0 Å². The number of ether oxygens (including phenoxy) is 1. The first-order valence-corrected chi connectivity index (χ1v) is 9.48. The molecule has 1 aliphatic rings. The summed E-state index contributed by atoms with van der Waals surface area (Å²) in [4.78, 5) is 18.6. The van der Waals surface area contributed by atoms with E-state index in [4.69, 9.17) is 4.74 Å². The van der Waals surface area contributed by atoms with Crippen molar-refractivity contribution in [2.24, 2.45) is 0 Å². The van der Waals surface area contributed by atoms with Gasteiger partial charge < -0.3 is 9.64 Å². The summed E-state index contributed by atoms with van der Waals surface area (Å²) in [5.74, 6) is 0. The molecule has 26 heavy (non-hydrogen) atoms. The SMILES string of the molecule is CCCCCCOC(=O)Nc1ccc2c(c1)CCN2Cc1ccccn1. The van der Waals surface area contributed by atoms with Crippen LogP contribution in [0.5, 0.6) is 0 Å². The van der Waals surface area contributed by atoms with Gasteiger partial charge in [0, 0.05) is 24.1 Å². The van der Waals surface area contributed by atoms with Crippen molar-refractivity contribution < 1.29 is 9.53 Å². The van der Waals surface area contributed by atoms with Gasteiger partial charge in [0.05, 0.1) is 18.8 Å². The van der Waals surface area contributed by atoms with Crippen LogP contribution in [0.15, 0.2) is 42.6 Å². The molecule has 0 unspecified atom stereocenters. The van der Waals surface area contributed by atoms with E-state index >= 15 is 0 Å².